The number of thiophene rings is 1. The number of hydrogen-bond acceptors (Lipinski definition) is 6. The first-order chi connectivity index (χ1) is 14.7. The van der Waals surface area contributed by atoms with Crippen molar-refractivity contribution in [3.8, 4) is 17.5 Å². The van der Waals surface area contributed by atoms with Crippen molar-refractivity contribution in [3.63, 3.8) is 0 Å². The van der Waals surface area contributed by atoms with E-state index >= 15 is 0 Å². The Bertz CT molecular complexity index is 1330. The molecule has 0 saturated carbocycles. The van der Waals surface area contributed by atoms with E-state index in [4.69, 9.17) is 4.42 Å². The lowest BCUT2D eigenvalue weighted by Gasteiger charge is -2.10. The molecule has 158 valence electrons. The summed E-state index contributed by atoms with van der Waals surface area (Å²) < 4.78 is 46.6. The van der Waals surface area contributed by atoms with Crippen LogP contribution in [0.5, 0.6) is 0 Å². The van der Waals surface area contributed by atoms with E-state index in [1.807, 2.05) is 13.8 Å². The van der Waals surface area contributed by atoms with E-state index in [1.165, 1.54) is 29.7 Å². The largest absolute Gasteiger partial charge is 0.463 e. The second-order valence-electron chi connectivity index (χ2n) is 6.56. The van der Waals surface area contributed by atoms with Crippen LogP contribution in [0.2, 0.25) is 0 Å². The second kappa shape index (κ2) is 7.55. The van der Waals surface area contributed by atoms with Gasteiger partial charge in [-0.05, 0) is 37.1 Å². The van der Waals surface area contributed by atoms with Gasteiger partial charge in [0, 0.05) is 4.88 Å². The van der Waals surface area contributed by atoms with Crippen LogP contribution in [0.15, 0.2) is 35.1 Å². The summed E-state index contributed by atoms with van der Waals surface area (Å²) in [6.07, 6.45) is -1.80. The Morgan fingerprint density at radius 1 is 1.42 bits per heavy atom. The van der Waals surface area contributed by atoms with Crippen molar-refractivity contribution in [2.75, 3.05) is 5.32 Å². The van der Waals surface area contributed by atoms with Crippen molar-refractivity contribution in [1.29, 1.82) is 5.26 Å². The number of fused-ring (bicyclic) bond motifs is 1. The maximum absolute atomic E-state index is 13.6. The molecule has 4 aromatic rings. The summed E-state index contributed by atoms with van der Waals surface area (Å²) in [6.45, 7) is 3.73. The van der Waals surface area contributed by atoms with E-state index in [9.17, 15) is 23.2 Å². The van der Waals surface area contributed by atoms with Crippen LogP contribution < -0.4 is 5.32 Å². The number of nitrogens with zero attached hydrogens (tertiary/aromatic N) is 4. The van der Waals surface area contributed by atoms with Gasteiger partial charge in [-0.2, -0.15) is 23.5 Å². The Balaban J connectivity index is 1.83. The predicted molar refractivity (Wildman–Crippen MR) is 107 cm³/mol. The van der Waals surface area contributed by atoms with Crippen molar-refractivity contribution < 1.29 is 22.4 Å². The number of hydrogen-bond donors (Lipinski definition) is 1. The van der Waals surface area contributed by atoms with E-state index in [0.717, 1.165) is 22.7 Å². The number of furan rings is 1. The second-order valence-corrected chi connectivity index (χ2v) is 7.78. The molecule has 4 rings (SSSR count). The number of rotatable bonds is 4. The third-order valence-electron chi connectivity index (χ3n) is 4.68. The highest BCUT2D eigenvalue weighted by Gasteiger charge is 2.36. The van der Waals surface area contributed by atoms with Crippen molar-refractivity contribution >= 4 is 27.9 Å². The van der Waals surface area contributed by atoms with Gasteiger partial charge < -0.3 is 9.73 Å². The highest BCUT2D eigenvalue weighted by molar-refractivity contribution is 7.16. The van der Waals surface area contributed by atoms with Crippen LogP contribution in [0.4, 0.5) is 18.2 Å². The minimum atomic E-state index is -4.74. The molecule has 0 aliphatic rings. The Kier molecular flexibility index (Phi) is 5.02. The number of alkyl halides is 3. The third kappa shape index (κ3) is 3.55. The molecule has 0 radical (unpaired) electrons. The molecule has 31 heavy (non-hydrogen) atoms. The average Bonchev–Trinajstić information content (AvgIpc) is 3.44. The molecule has 0 aliphatic heterocycles. The van der Waals surface area contributed by atoms with Crippen molar-refractivity contribution in [1.82, 2.24) is 14.6 Å². The maximum atomic E-state index is 13.6. The molecule has 1 amide bonds. The minimum absolute atomic E-state index is 0.0858. The number of nitriles is 1. The van der Waals surface area contributed by atoms with E-state index in [-0.39, 0.29) is 22.7 Å². The Hall–Kier alpha value is -3.65. The van der Waals surface area contributed by atoms with Crippen LogP contribution >= 0.6 is 11.3 Å². The van der Waals surface area contributed by atoms with Gasteiger partial charge >= 0.3 is 6.18 Å². The maximum Gasteiger partial charge on any atom is 0.433 e. The first kappa shape index (κ1) is 20.6. The zero-order valence-electron chi connectivity index (χ0n) is 16.2. The summed E-state index contributed by atoms with van der Waals surface area (Å²) in [5.74, 6) is -0.596. The number of carbonyl (C=O) groups excluding carboxylic acids is 1. The molecule has 0 unspecified atom stereocenters. The van der Waals surface area contributed by atoms with Crippen LogP contribution in [-0.4, -0.2) is 20.5 Å². The first-order valence-corrected chi connectivity index (χ1v) is 9.89. The topological polar surface area (TPSA) is 96.2 Å². The molecule has 7 nitrogen and oxygen atoms in total. The van der Waals surface area contributed by atoms with Crippen molar-refractivity contribution in [2.24, 2.45) is 0 Å². The number of aromatic nitrogens is 3. The standard InChI is InChI=1S/C20H14F3N5O2S/c1-3-11-10(2)31-19(12(11)8-24)27-18(29)13-9-25-28-16(20(21,22)23)7-14(26-17(13)28)15-5-4-6-30-15/h4-7,9H,3H2,1-2H3,(H,27,29). The molecule has 4 aromatic heterocycles. The summed E-state index contributed by atoms with van der Waals surface area (Å²) in [4.78, 5) is 18.0. The van der Waals surface area contributed by atoms with Crippen LogP contribution in [0.25, 0.3) is 17.1 Å². The molecule has 0 saturated heterocycles. The average molecular weight is 445 g/mol. The van der Waals surface area contributed by atoms with Crippen LogP contribution in [0.1, 0.15) is 39.0 Å². The fourth-order valence-electron chi connectivity index (χ4n) is 3.26. The Morgan fingerprint density at radius 3 is 2.81 bits per heavy atom. The molecule has 0 aromatic carbocycles. The number of carbonyl (C=O) groups is 1. The van der Waals surface area contributed by atoms with Crippen LogP contribution in [0, 0.1) is 18.3 Å². The summed E-state index contributed by atoms with van der Waals surface area (Å²) in [6, 6.07) is 5.88. The summed E-state index contributed by atoms with van der Waals surface area (Å²) in [5.41, 5.74) is -0.457. The van der Waals surface area contributed by atoms with E-state index < -0.39 is 17.8 Å². The molecular weight excluding hydrogens is 431 g/mol. The number of aryl methyl sites for hydroxylation is 1. The quantitative estimate of drug-likeness (QED) is 0.473. The lowest BCUT2D eigenvalue weighted by Crippen LogP contribution is -2.15. The lowest BCUT2D eigenvalue weighted by molar-refractivity contribution is -0.142. The van der Waals surface area contributed by atoms with Gasteiger partial charge in [0.05, 0.1) is 18.0 Å². The van der Waals surface area contributed by atoms with Gasteiger partial charge in [0.2, 0.25) is 0 Å². The number of nitrogens with one attached hydrogen (secondary N) is 1. The number of amides is 1. The van der Waals surface area contributed by atoms with E-state index in [1.54, 1.807) is 0 Å². The highest BCUT2D eigenvalue weighted by Crippen LogP contribution is 2.35. The SMILES string of the molecule is CCc1c(C)sc(NC(=O)c2cnn3c(C(F)(F)F)cc(-c4ccco4)nc23)c1C#N. The van der Waals surface area contributed by atoms with E-state index in [2.05, 4.69) is 21.5 Å². The summed E-state index contributed by atoms with van der Waals surface area (Å²) in [7, 11) is 0. The summed E-state index contributed by atoms with van der Waals surface area (Å²) in [5, 5.41) is 16.2. The van der Waals surface area contributed by atoms with Gasteiger partial charge in [0.25, 0.3) is 5.91 Å². The van der Waals surface area contributed by atoms with Gasteiger partial charge in [-0.25, -0.2) is 9.50 Å². The van der Waals surface area contributed by atoms with Crippen molar-refractivity contribution in [3.05, 3.63) is 57.9 Å². The minimum Gasteiger partial charge on any atom is -0.463 e. The zero-order chi connectivity index (χ0) is 22.3. The summed E-state index contributed by atoms with van der Waals surface area (Å²) >= 11 is 1.23. The van der Waals surface area contributed by atoms with Gasteiger partial charge in [-0.15, -0.1) is 11.3 Å². The number of halogens is 3. The number of anilines is 1. The molecule has 0 spiro atoms. The third-order valence-corrected chi connectivity index (χ3v) is 5.74. The van der Waals surface area contributed by atoms with Gasteiger partial charge in [-0.1, -0.05) is 6.92 Å². The normalized spacial score (nSPS) is 11.6. The smallest absolute Gasteiger partial charge is 0.433 e. The van der Waals surface area contributed by atoms with E-state index in [0.29, 0.717) is 21.5 Å². The first-order valence-electron chi connectivity index (χ1n) is 9.08. The predicted octanol–water partition coefficient (Wildman–Crippen LogP) is 5.06. The Morgan fingerprint density at radius 2 is 2.19 bits per heavy atom. The molecule has 4 heterocycles. The molecule has 11 heteroatoms. The monoisotopic (exact) mass is 445 g/mol. The van der Waals surface area contributed by atoms with Gasteiger partial charge in [0.1, 0.15) is 22.3 Å². The van der Waals surface area contributed by atoms with Crippen LogP contribution in [-0.2, 0) is 12.6 Å². The molecular formula is C20H14F3N5O2S. The van der Waals surface area contributed by atoms with Gasteiger partial charge in [-0.3, -0.25) is 4.79 Å². The zero-order valence-corrected chi connectivity index (χ0v) is 17.1. The molecule has 0 fully saturated rings. The molecule has 0 bridgehead atoms. The Labute approximate surface area is 177 Å². The fraction of sp³-hybridized carbons (Fsp3) is 0.200. The molecule has 1 N–H and O–H groups in total. The fourth-order valence-corrected chi connectivity index (χ4v) is 4.35. The van der Waals surface area contributed by atoms with Crippen molar-refractivity contribution in [2.45, 2.75) is 26.4 Å². The van der Waals surface area contributed by atoms with Crippen LogP contribution in [0.3, 0.4) is 0 Å². The molecule has 0 aliphatic carbocycles. The highest BCUT2D eigenvalue weighted by atomic mass is 32.1. The van der Waals surface area contributed by atoms with Gasteiger partial charge in [0.15, 0.2) is 17.1 Å². The molecule has 0 atom stereocenters. The lowest BCUT2D eigenvalue weighted by atomic mass is 10.1.